The molecule has 1 aromatic heterocycles. The van der Waals surface area contributed by atoms with Gasteiger partial charge in [-0.3, -0.25) is 14.9 Å². The van der Waals surface area contributed by atoms with Crippen molar-refractivity contribution in [1.29, 1.82) is 0 Å². The lowest BCUT2D eigenvalue weighted by atomic mass is 10.0. The molecular weight excluding hydrogens is 415 g/mol. The number of carbonyl (C=O) groups is 3. The van der Waals surface area contributed by atoms with E-state index in [2.05, 4.69) is 10.3 Å². The summed E-state index contributed by atoms with van der Waals surface area (Å²) >= 11 is 0. The third-order valence-electron chi connectivity index (χ3n) is 5.24. The van der Waals surface area contributed by atoms with Crippen LogP contribution in [0.2, 0.25) is 0 Å². The number of halogens is 1. The van der Waals surface area contributed by atoms with Crippen molar-refractivity contribution >= 4 is 18.3 Å². The summed E-state index contributed by atoms with van der Waals surface area (Å²) in [6.45, 7) is 0.410. The van der Waals surface area contributed by atoms with Crippen LogP contribution in [0.4, 0.5) is 9.18 Å². The predicted octanol–water partition coefficient (Wildman–Crippen LogP) is 2.75. The molecule has 32 heavy (non-hydrogen) atoms. The van der Waals surface area contributed by atoms with Gasteiger partial charge in [0.1, 0.15) is 5.82 Å². The molecule has 0 spiro atoms. The molecule has 1 atom stereocenters. The summed E-state index contributed by atoms with van der Waals surface area (Å²) in [5.74, 6) is -0.914. The molecule has 162 valence electrons. The Balaban J connectivity index is 1.58. The maximum atomic E-state index is 13.6. The molecule has 9 heteroatoms. The van der Waals surface area contributed by atoms with Crippen molar-refractivity contribution in [2.24, 2.45) is 0 Å². The molecule has 0 radical (unpaired) electrons. The van der Waals surface area contributed by atoms with Gasteiger partial charge in [0.15, 0.2) is 0 Å². The van der Waals surface area contributed by atoms with Gasteiger partial charge in [0, 0.05) is 30.9 Å². The quantitative estimate of drug-likeness (QED) is 0.517. The molecular formula is C23H19FN4O4. The van der Waals surface area contributed by atoms with Gasteiger partial charge in [-0.2, -0.15) is 0 Å². The highest BCUT2D eigenvalue weighted by Gasteiger charge is 2.30. The second kappa shape index (κ2) is 8.84. The van der Waals surface area contributed by atoms with E-state index < -0.39 is 17.9 Å². The first-order valence-electron chi connectivity index (χ1n) is 9.78. The van der Waals surface area contributed by atoms with Gasteiger partial charge in [0.05, 0.1) is 6.04 Å². The number of carbonyl (C=O) groups excluding carboxylic acids is 3. The van der Waals surface area contributed by atoms with Crippen LogP contribution in [0.3, 0.4) is 0 Å². The van der Waals surface area contributed by atoms with E-state index in [1.165, 1.54) is 29.3 Å². The third kappa shape index (κ3) is 4.41. The van der Waals surface area contributed by atoms with Crippen molar-refractivity contribution in [3.05, 3.63) is 83.3 Å². The van der Waals surface area contributed by atoms with Crippen molar-refractivity contribution in [1.82, 2.24) is 20.5 Å². The molecule has 2 aromatic carbocycles. The highest BCUT2D eigenvalue weighted by molar-refractivity contribution is 5.98. The topological polar surface area (TPSA) is 112 Å². The van der Waals surface area contributed by atoms with E-state index in [0.29, 0.717) is 16.7 Å². The van der Waals surface area contributed by atoms with E-state index in [1.54, 1.807) is 24.3 Å². The van der Waals surface area contributed by atoms with Crippen LogP contribution in [0.25, 0.3) is 11.1 Å². The number of pyridine rings is 1. The molecule has 0 saturated carbocycles. The predicted molar refractivity (Wildman–Crippen MR) is 113 cm³/mol. The summed E-state index contributed by atoms with van der Waals surface area (Å²) in [6, 6.07) is 13.2. The van der Waals surface area contributed by atoms with Crippen LogP contribution in [-0.4, -0.2) is 39.9 Å². The number of imide groups is 1. The first kappa shape index (κ1) is 21.0. The minimum absolute atomic E-state index is 0.0970. The Hall–Kier alpha value is -4.27. The van der Waals surface area contributed by atoms with Gasteiger partial charge in [-0.25, -0.2) is 14.2 Å². The number of aromatic nitrogens is 1. The molecule has 8 nitrogen and oxygen atoms in total. The SMILES string of the molecule is O=CNC(=O)N[C@@H](CN1Cc2ccc(F)cc2C1=O)c1ccc(-c2ccnc(O)c2)cc1. The molecule has 1 aliphatic heterocycles. The standard InChI is InChI=1S/C23H19FN4O4/c24-18-6-5-17-11-28(22(31)19(17)10-18)12-20(27-23(32)26-13-29)15-3-1-14(2-4-15)16-7-8-25-21(30)9-16/h1-10,13,20H,11-12H2,(H,25,30)(H2,26,27,29,32)/t20-/m0/s1. The van der Waals surface area contributed by atoms with E-state index in [0.717, 1.165) is 11.1 Å². The number of benzene rings is 2. The van der Waals surface area contributed by atoms with E-state index in [1.807, 2.05) is 17.4 Å². The number of nitrogens with zero attached hydrogens (tertiary/aromatic N) is 2. The maximum absolute atomic E-state index is 13.6. The fraction of sp³-hybridized carbons (Fsp3) is 0.130. The number of nitrogens with one attached hydrogen (secondary N) is 2. The Morgan fingerprint density at radius 3 is 2.66 bits per heavy atom. The summed E-state index contributed by atoms with van der Waals surface area (Å²) in [5, 5.41) is 14.3. The molecule has 0 aliphatic carbocycles. The molecule has 3 aromatic rings. The number of aromatic hydroxyl groups is 1. The fourth-order valence-electron chi connectivity index (χ4n) is 3.69. The van der Waals surface area contributed by atoms with E-state index in [9.17, 15) is 23.9 Å². The Kier molecular flexibility index (Phi) is 5.80. The largest absolute Gasteiger partial charge is 0.493 e. The van der Waals surface area contributed by atoms with Crippen LogP contribution in [0.15, 0.2) is 60.8 Å². The molecule has 0 bridgehead atoms. The van der Waals surface area contributed by atoms with Crippen molar-refractivity contribution in [3.8, 4) is 17.0 Å². The van der Waals surface area contributed by atoms with Crippen LogP contribution in [-0.2, 0) is 11.3 Å². The highest BCUT2D eigenvalue weighted by Crippen LogP contribution is 2.28. The lowest BCUT2D eigenvalue weighted by Gasteiger charge is -2.25. The van der Waals surface area contributed by atoms with Crippen LogP contribution < -0.4 is 10.6 Å². The minimum Gasteiger partial charge on any atom is -0.493 e. The number of amides is 4. The van der Waals surface area contributed by atoms with Gasteiger partial charge < -0.3 is 15.3 Å². The normalized spacial score (nSPS) is 13.4. The molecule has 1 aliphatic rings. The molecule has 0 unspecified atom stereocenters. The van der Waals surface area contributed by atoms with Crippen molar-refractivity contribution in [2.45, 2.75) is 12.6 Å². The molecule has 4 amide bonds. The van der Waals surface area contributed by atoms with E-state index in [-0.39, 0.29) is 31.3 Å². The number of hydrogen-bond donors (Lipinski definition) is 3. The average molecular weight is 434 g/mol. The zero-order valence-corrected chi connectivity index (χ0v) is 16.8. The van der Waals surface area contributed by atoms with Crippen molar-refractivity contribution in [2.75, 3.05) is 6.54 Å². The van der Waals surface area contributed by atoms with Gasteiger partial charge in [-0.1, -0.05) is 30.3 Å². The number of hydrogen-bond acceptors (Lipinski definition) is 5. The van der Waals surface area contributed by atoms with Gasteiger partial charge >= 0.3 is 6.03 Å². The lowest BCUT2D eigenvalue weighted by molar-refractivity contribution is -0.108. The summed E-state index contributed by atoms with van der Waals surface area (Å²) in [7, 11) is 0. The maximum Gasteiger partial charge on any atom is 0.321 e. The Morgan fingerprint density at radius 1 is 1.16 bits per heavy atom. The zero-order chi connectivity index (χ0) is 22.7. The second-order valence-corrected chi connectivity index (χ2v) is 7.30. The highest BCUT2D eigenvalue weighted by atomic mass is 19.1. The van der Waals surface area contributed by atoms with Crippen molar-refractivity contribution in [3.63, 3.8) is 0 Å². The smallest absolute Gasteiger partial charge is 0.321 e. The summed E-state index contributed by atoms with van der Waals surface area (Å²) < 4.78 is 13.6. The summed E-state index contributed by atoms with van der Waals surface area (Å²) in [4.78, 5) is 40.7. The Morgan fingerprint density at radius 2 is 1.94 bits per heavy atom. The van der Waals surface area contributed by atoms with Crippen molar-refractivity contribution < 1.29 is 23.9 Å². The van der Waals surface area contributed by atoms with Gasteiger partial charge in [0.25, 0.3) is 5.91 Å². The summed E-state index contributed by atoms with van der Waals surface area (Å²) in [6.07, 6.45) is 1.76. The zero-order valence-electron chi connectivity index (χ0n) is 16.8. The molecule has 3 N–H and O–H groups in total. The van der Waals surface area contributed by atoms with Crippen LogP contribution >= 0.6 is 0 Å². The number of rotatable bonds is 6. The van der Waals surface area contributed by atoms with E-state index in [4.69, 9.17) is 0 Å². The van der Waals surface area contributed by atoms with Crippen LogP contribution in [0, 0.1) is 5.82 Å². The van der Waals surface area contributed by atoms with Gasteiger partial charge in [-0.05, 0) is 40.5 Å². The lowest BCUT2D eigenvalue weighted by Crippen LogP contribution is -2.42. The first-order valence-corrected chi connectivity index (χ1v) is 9.78. The monoisotopic (exact) mass is 434 g/mol. The average Bonchev–Trinajstić information content (AvgIpc) is 3.08. The van der Waals surface area contributed by atoms with Crippen LogP contribution in [0.5, 0.6) is 5.88 Å². The van der Waals surface area contributed by atoms with Gasteiger partial charge in [-0.15, -0.1) is 0 Å². The molecule has 0 fully saturated rings. The van der Waals surface area contributed by atoms with Crippen LogP contribution in [0.1, 0.15) is 27.5 Å². The third-order valence-corrected chi connectivity index (χ3v) is 5.24. The van der Waals surface area contributed by atoms with Gasteiger partial charge in [0.2, 0.25) is 12.3 Å². The molecule has 2 heterocycles. The Bertz CT molecular complexity index is 1180. The molecule has 4 rings (SSSR count). The fourth-order valence-corrected chi connectivity index (χ4v) is 3.69. The molecule has 0 saturated heterocycles. The Labute approximate surface area is 182 Å². The first-order chi connectivity index (χ1) is 15.4. The van der Waals surface area contributed by atoms with E-state index >= 15 is 0 Å². The minimum atomic E-state index is -0.705. The second-order valence-electron chi connectivity index (χ2n) is 7.30. The summed E-state index contributed by atoms with van der Waals surface area (Å²) in [5.41, 5.74) is 3.29. The number of urea groups is 1. The number of fused-ring (bicyclic) bond motifs is 1.